The van der Waals surface area contributed by atoms with E-state index in [0.717, 1.165) is 12.4 Å². The van der Waals surface area contributed by atoms with Crippen LogP contribution in [0, 0.1) is 21.4 Å². The Labute approximate surface area is 123 Å². The van der Waals surface area contributed by atoms with Crippen LogP contribution >= 0.6 is 11.6 Å². The van der Waals surface area contributed by atoms with Gasteiger partial charge in [-0.15, -0.1) is 0 Å². The first-order valence-electron chi connectivity index (χ1n) is 5.47. The summed E-state index contributed by atoms with van der Waals surface area (Å²) < 4.78 is 10.4. The van der Waals surface area contributed by atoms with E-state index >= 15 is 0 Å². The largest absolute Gasteiger partial charge is 0.489 e. The Balaban J connectivity index is 2.47. The van der Waals surface area contributed by atoms with Gasteiger partial charge in [0.2, 0.25) is 11.5 Å². The normalized spacial score (nSPS) is 9.76. The molecule has 0 spiro atoms. The lowest BCUT2D eigenvalue weighted by molar-refractivity contribution is -0.385. The van der Waals surface area contributed by atoms with Gasteiger partial charge < -0.3 is 9.47 Å². The summed E-state index contributed by atoms with van der Waals surface area (Å²) in [5.41, 5.74) is -0.229. The van der Waals surface area contributed by atoms with E-state index in [0.29, 0.717) is 0 Å². The van der Waals surface area contributed by atoms with Gasteiger partial charge in [-0.25, -0.2) is 4.98 Å². The predicted molar refractivity (Wildman–Crippen MR) is 71.5 cm³/mol. The van der Waals surface area contributed by atoms with Crippen LogP contribution in [0.4, 0.5) is 5.69 Å². The third kappa shape index (κ3) is 2.98. The van der Waals surface area contributed by atoms with Crippen LogP contribution in [0.25, 0.3) is 0 Å². The number of hydrogen-bond donors (Lipinski definition) is 0. The van der Waals surface area contributed by atoms with Crippen molar-refractivity contribution in [3.05, 3.63) is 45.4 Å². The molecule has 0 N–H and O–H groups in total. The van der Waals surface area contributed by atoms with Crippen LogP contribution in [0.15, 0.2) is 24.5 Å². The zero-order valence-electron chi connectivity index (χ0n) is 10.6. The lowest BCUT2D eigenvalue weighted by atomic mass is 10.2. The molecule has 1 heterocycles. The molecule has 1 aromatic heterocycles. The van der Waals surface area contributed by atoms with Crippen molar-refractivity contribution < 1.29 is 14.4 Å². The molecule has 0 unspecified atom stereocenters. The van der Waals surface area contributed by atoms with Crippen LogP contribution < -0.4 is 9.47 Å². The number of nitriles is 1. The van der Waals surface area contributed by atoms with Crippen molar-refractivity contribution in [3.8, 4) is 23.4 Å². The molecule has 0 fully saturated rings. The molecule has 0 aliphatic rings. The highest BCUT2D eigenvalue weighted by atomic mass is 35.5. The number of nitro benzene ring substituents is 1. The van der Waals surface area contributed by atoms with Crippen LogP contribution in [0.1, 0.15) is 5.56 Å². The maximum atomic E-state index is 11.0. The molecule has 2 rings (SSSR count). The van der Waals surface area contributed by atoms with E-state index in [1.165, 1.54) is 19.2 Å². The molecule has 0 amide bonds. The number of hydrogen-bond acceptors (Lipinski definition) is 7. The summed E-state index contributed by atoms with van der Waals surface area (Å²) in [6, 6.07) is 5.60. The van der Waals surface area contributed by atoms with Gasteiger partial charge in [-0.3, -0.25) is 10.1 Å². The van der Waals surface area contributed by atoms with Crippen LogP contribution in [0.5, 0.6) is 17.4 Å². The zero-order valence-corrected chi connectivity index (χ0v) is 11.4. The van der Waals surface area contributed by atoms with Gasteiger partial charge in [0.15, 0.2) is 5.15 Å². The summed E-state index contributed by atoms with van der Waals surface area (Å²) >= 11 is 5.81. The van der Waals surface area contributed by atoms with Crippen LogP contribution in [0.3, 0.4) is 0 Å². The Morgan fingerprint density at radius 3 is 2.81 bits per heavy atom. The number of methoxy groups -OCH3 is 1. The monoisotopic (exact) mass is 306 g/mol. The molecule has 0 bridgehead atoms. The maximum Gasteiger partial charge on any atom is 0.312 e. The molecular formula is C12H7ClN4O4. The van der Waals surface area contributed by atoms with E-state index in [2.05, 4.69) is 9.97 Å². The topological polar surface area (TPSA) is 111 Å². The molecule has 0 aliphatic heterocycles. The SMILES string of the molecule is COc1c(Cl)ncnc1Oc1ccc(C#N)cc1[N+](=O)[O-]. The Morgan fingerprint density at radius 2 is 2.19 bits per heavy atom. The standard InChI is InChI=1S/C12H7ClN4O4/c1-20-10-11(13)15-6-16-12(10)21-9-3-2-7(5-14)4-8(9)17(18)19/h2-4,6H,1H3. The molecule has 0 saturated heterocycles. The van der Waals surface area contributed by atoms with Gasteiger partial charge in [-0.05, 0) is 12.1 Å². The third-order valence-electron chi connectivity index (χ3n) is 2.42. The molecule has 9 heteroatoms. The average Bonchev–Trinajstić information content (AvgIpc) is 2.47. The molecular weight excluding hydrogens is 300 g/mol. The fourth-order valence-corrected chi connectivity index (χ4v) is 1.70. The van der Waals surface area contributed by atoms with E-state index in [1.807, 2.05) is 6.07 Å². The molecule has 2 aromatic rings. The minimum Gasteiger partial charge on any atom is -0.489 e. The molecule has 0 saturated carbocycles. The van der Waals surface area contributed by atoms with Crippen molar-refractivity contribution in [1.29, 1.82) is 5.26 Å². The minimum absolute atomic E-state index is 0.0128. The van der Waals surface area contributed by atoms with Crippen molar-refractivity contribution in [3.63, 3.8) is 0 Å². The lowest BCUT2D eigenvalue weighted by Gasteiger charge is -2.09. The lowest BCUT2D eigenvalue weighted by Crippen LogP contribution is -1.98. The number of ether oxygens (including phenoxy) is 2. The second-order valence-corrected chi connectivity index (χ2v) is 4.01. The van der Waals surface area contributed by atoms with E-state index < -0.39 is 4.92 Å². The average molecular weight is 307 g/mol. The predicted octanol–water partition coefficient (Wildman–Crippen LogP) is 2.71. The Kier molecular flexibility index (Phi) is 4.15. The Hall–Kier alpha value is -2.92. The summed E-state index contributed by atoms with van der Waals surface area (Å²) in [6.45, 7) is 0. The van der Waals surface area contributed by atoms with Crippen LogP contribution in [-0.4, -0.2) is 22.0 Å². The van der Waals surface area contributed by atoms with Gasteiger partial charge in [0.1, 0.15) is 6.33 Å². The van der Waals surface area contributed by atoms with Gasteiger partial charge in [0, 0.05) is 6.07 Å². The van der Waals surface area contributed by atoms with E-state index in [9.17, 15) is 10.1 Å². The first kappa shape index (κ1) is 14.5. The second-order valence-electron chi connectivity index (χ2n) is 3.66. The molecule has 1 aromatic carbocycles. The highest BCUT2D eigenvalue weighted by molar-refractivity contribution is 6.31. The van der Waals surface area contributed by atoms with E-state index in [-0.39, 0.29) is 33.8 Å². The molecule has 0 radical (unpaired) electrons. The van der Waals surface area contributed by atoms with Gasteiger partial charge >= 0.3 is 5.69 Å². The van der Waals surface area contributed by atoms with Gasteiger partial charge in [0.05, 0.1) is 23.7 Å². The van der Waals surface area contributed by atoms with Crippen molar-refractivity contribution >= 4 is 17.3 Å². The smallest absolute Gasteiger partial charge is 0.312 e. The molecule has 0 atom stereocenters. The fraction of sp³-hybridized carbons (Fsp3) is 0.0833. The second kappa shape index (κ2) is 6.02. The Bertz CT molecular complexity index is 745. The van der Waals surface area contributed by atoms with Gasteiger partial charge in [-0.1, -0.05) is 11.6 Å². The highest BCUT2D eigenvalue weighted by Gasteiger charge is 2.20. The molecule has 106 valence electrons. The van der Waals surface area contributed by atoms with Crippen molar-refractivity contribution in [2.75, 3.05) is 7.11 Å². The number of aromatic nitrogens is 2. The summed E-state index contributed by atoms with van der Waals surface area (Å²) in [4.78, 5) is 17.9. The van der Waals surface area contributed by atoms with Gasteiger partial charge in [0.25, 0.3) is 5.88 Å². The number of rotatable bonds is 4. The van der Waals surface area contributed by atoms with Crippen molar-refractivity contribution in [1.82, 2.24) is 9.97 Å². The number of nitro groups is 1. The molecule has 0 aliphatic carbocycles. The number of halogens is 1. The van der Waals surface area contributed by atoms with E-state index in [4.69, 9.17) is 26.3 Å². The van der Waals surface area contributed by atoms with Gasteiger partial charge in [-0.2, -0.15) is 10.2 Å². The highest BCUT2D eigenvalue weighted by Crippen LogP contribution is 2.37. The number of nitrogens with zero attached hydrogens (tertiary/aromatic N) is 4. The van der Waals surface area contributed by atoms with Crippen LogP contribution in [-0.2, 0) is 0 Å². The fourth-order valence-electron chi connectivity index (χ4n) is 1.50. The first-order valence-corrected chi connectivity index (χ1v) is 5.85. The zero-order chi connectivity index (χ0) is 15.4. The summed E-state index contributed by atoms with van der Waals surface area (Å²) in [5, 5.41) is 19.8. The van der Waals surface area contributed by atoms with Crippen molar-refractivity contribution in [2.45, 2.75) is 0 Å². The summed E-state index contributed by atoms with van der Waals surface area (Å²) in [5.74, 6) is -0.102. The Morgan fingerprint density at radius 1 is 1.43 bits per heavy atom. The maximum absolute atomic E-state index is 11.0. The third-order valence-corrected chi connectivity index (χ3v) is 2.69. The quantitative estimate of drug-likeness (QED) is 0.485. The van der Waals surface area contributed by atoms with Crippen LogP contribution in [0.2, 0.25) is 5.15 Å². The molecule has 8 nitrogen and oxygen atoms in total. The van der Waals surface area contributed by atoms with Crippen molar-refractivity contribution in [2.24, 2.45) is 0 Å². The number of benzene rings is 1. The summed E-state index contributed by atoms with van der Waals surface area (Å²) in [6.07, 6.45) is 1.13. The summed E-state index contributed by atoms with van der Waals surface area (Å²) in [7, 11) is 1.34. The molecule has 21 heavy (non-hydrogen) atoms. The minimum atomic E-state index is -0.661. The first-order chi connectivity index (χ1) is 10.1. The van der Waals surface area contributed by atoms with E-state index in [1.54, 1.807) is 0 Å².